The maximum Gasteiger partial charge on any atom is 0.191 e. The Kier molecular flexibility index (Phi) is 12.3. The first-order chi connectivity index (χ1) is 14.0. The molecule has 0 heterocycles. The van der Waals surface area contributed by atoms with Crippen LogP contribution in [0.25, 0.3) is 0 Å². The second-order valence-corrected chi connectivity index (χ2v) is 6.93. The number of aliphatic imine (C=N–C) groups is 1. The van der Waals surface area contributed by atoms with Crippen molar-refractivity contribution in [3.05, 3.63) is 65.2 Å². The molecule has 0 saturated heterocycles. The van der Waals surface area contributed by atoms with Gasteiger partial charge in [-0.2, -0.15) is 0 Å². The van der Waals surface area contributed by atoms with Crippen LogP contribution < -0.4 is 15.4 Å². The number of benzene rings is 2. The lowest BCUT2D eigenvalue weighted by Crippen LogP contribution is -2.37. The molecule has 30 heavy (non-hydrogen) atoms. The molecular formula is C22H31F2IN4O. The molecule has 0 spiro atoms. The second-order valence-electron chi connectivity index (χ2n) is 6.93. The van der Waals surface area contributed by atoms with Crippen molar-refractivity contribution < 1.29 is 13.5 Å². The summed E-state index contributed by atoms with van der Waals surface area (Å²) < 4.78 is 32.8. The summed E-state index contributed by atoms with van der Waals surface area (Å²) in [5.74, 6) is 0.466. The monoisotopic (exact) mass is 532 g/mol. The summed E-state index contributed by atoms with van der Waals surface area (Å²) in [5.41, 5.74) is 1.28. The molecular weight excluding hydrogens is 501 g/mol. The van der Waals surface area contributed by atoms with E-state index in [9.17, 15) is 8.78 Å². The second kappa shape index (κ2) is 14.1. The Bertz CT molecular complexity index is 785. The van der Waals surface area contributed by atoms with E-state index in [0.717, 1.165) is 36.4 Å². The third-order valence-electron chi connectivity index (χ3n) is 4.16. The van der Waals surface area contributed by atoms with E-state index < -0.39 is 11.6 Å². The molecule has 0 aliphatic heterocycles. The van der Waals surface area contributed by atoms with Gasteiger partial charge in [0.1, 0.15) is 17.4 Å². The average molecular weight is 532 g/mol. The van der Waals surface area contributed by atoms with E-state index in [-0.39, 0.29) is 36.1 Å². The van der Waals surface area contributed by atoms with Crippen molar-refractivity contribution in [3.63, 3.8) is 0 Å². The first-order valence-electron chi connectivity index (χ1n) is 9.80. The smallest absolute Gasteiger partial charge is 0.191 e. The molecule has 166 valence electrons. The van der Waals surface area contributed by atoms with Crippen LogP contribution in [0.2, 0.25) is 0 Å². The highest BCUT2D eigenvalue weighted by molar-refractivity contribution is 14.0. The van der Waals surface area contributed by atoms with E-state index in [0.29, 0.717) is 25.7 Å². The highest BCUT2D eigenvalue weighted by Crippen LogP contribution is 2.13. The van der Waals surface area contributed by atoms with Crippen LogP contribution in [0.3, 0.4) is 0 Å². The standard InChI is InChI=1S/C22H30F2N4O.HI/c1-4-25-22(27-16-18-14-19(23)8-11-21(18)24)26-15-17-6-9-20(10-7-17)29-13-5-12-28(2)3;/h6-11,14H,4-5,12-13,15-16H2,1-3H3,(H2,25,26,27);1H. The normalized spacial score (nSPS) is 11.2. The van der Waals surface area contributed by atoms with Crippen LogP contribution in [0.4, 0.5) is 8.78 Å². The van der Waals surface area contributed by atoms with E-state index in [4.69, 9.17) is 4.74 Å². The number of guanidine groups is 1. The predicted molar refractivity (Wildman–Crippen MR) is 129 cm³/mol. The Labute approximate surface area is 194 Å². The summed E-state index contributed by atoms with van der Waals surface area (Å²) in [6.07, 6.45) is 0.975. The molecule has 8 heteroatoms. The summed E-state index contributed by atoms with van der Waals surface area (Å²) in [6.45, 7) is 4.89. The molecule has 5 nitrogen and oxygen atoms in total. The Balaban J connectivity index is 0.00000450. The van der Waals surface area contributed by atoms with Gasteiger partial charge in [-0.15, -0.1) is 24.0 Å². The number of hydrogen-bond acceptors (Lipinski definition) is 3. The van der Waals surface area contributed by atoms with Gasteiger partial charge in [-0.1, -0.05) is 12.1 Å². The maximum absolute atomic E-state index is 13.8. The predicted octanol–water partition coefficient (Wildman–Crippen LogP) is 4.17. The van der Waals surface area contributed by atoms with Crippen LogP contribution in [0.1, 0.15) is 24.5 Å². The molecule has 0 aliphatic carbocycles. The van der Waals surface area contributed by atoms with Crippen molar-refractivity contribution in [1.29, 1.82) is 0 Å². The minimum atomic E-state index is -0.464. The van der Waals surface area contributed by atoms with Crippen LogP contribution in [0, 0.1) is 11.6 Å². The molecule has 0 atom stereocenters. The molecule has 0 fully saturated rings. The molecule has 0 unspecified atom stereocenters. The van der Waals surface area contributed by atoms with Gasteiger partial charge >= 0.3 is 0 Å². The van der Waals surface area contributed by atoms with Gasteiger partial charge in [0.2, 0.25) is 0 Å². The van der Waals surface area contributed by atoms with E-state index in [1.165, 1.54) is 6.07 Å². The summed E-state index contributed by atoms with van der Waals surface area (Å²) in [5, 5.41) is 6.14. The molecule has 0 aliphatic rings. The number of nitrogens with one attached hydrogen (secondary N) is 2. The number of hydrogen-bond donors (Lipinski definition) is 2. The number of rotatable bonds is 10. The van der Waals surface area contributed by atoms with Crippen LogP contribution in [0.15, 0.2) is 47.5 Å². The van der Waals surface area contributed by atoms with Crippen molar-refractivity contribution in [2.45, 2.75) is 26.4 Å². The molecule has 2 N–H and O–H groups in total. The lowest BCUT2D eigenvalue weighted by atomic mass is 10.2. The third kappa shape index (κ3) is 9.71. The molecule has 0 amide bonds. The Morgan fingerprint density at radius 3 is 2.47 bits per heavy atom. The zero-order chi connectivity index (χ0) is 21.1. The lowest BCUT2D eigenvalue weighted by Gasteiger charge is -2.12. The van der Waals surface area contributed by atoms with Gasteiger partial charge in [0.25, 0.3) is 0 Å². The van der Waals surface area contributed by atoms with Crippen LogP contribution in [-0.4, -0.2) is 44.7 Å². The highest BCUT2D eigenvalue weighted by Gasteiger charge is 2.05. The molecule has 2 rings (SSSR count). The Hall–Kier alpha value is -1.94. The summed E-state index contributed by atoms with van der Waals surface area (Å²) in [6, 6.07) is 11.2. The first kappa shape index (κ1) is 26.1. The van der Waals surface area contributed by atoms with Gasteiger partial charge < -0.3 is 20.3 Å². The van der Waals surface area contributed by atoms with Gasteiger partial charge in [0.15, 0.2) is 5.96 Å². The van der Waals surface area contributed by atoms with Crippen molar-refractivity contribution in [2.24, 2.45) is 4.99 Å². The number of halogens is 3. The van der Waals surface area contributed by atoms with Crippen LogP contribution in [0.5, 0.6) is 5.75 Å². The molecule has 0 aromatic heterocycles. The molecule has 0 saturated carbocycles. The molecule has 2 aromatic carbocycles. The number of ether oxygens (including phenoxy) is 1. The van der Waals surface area contributed by atoms with Gasteiger partial charge in [-0.25, -0.2) is 13.8 Å². The van der Waals surface area contributed by atoms with Gasteiger partial charge in [-0.05, 0) is 63.3 Å². The maximum atomic E-state index is 13.8. The van der Waals surface area contributed by atoms with Gasteiger partial charge in [0, 0.05) is 25.2 Å². The Morgan fingerprint density at radius 2 is 1.80 bits per heavy atom. The van der Waals surface area contributed by atoms with Crippen molar-refractivity contribution in [2.75, 3.05) is 33.8 Å². The lowest BCUT2D eigenvalue weighted by molar-refractivity contribution is 0.281. The fourth-order valence-electron chi connectivity index (χ4n) is 2.63. The first-order valence-corrected chi connectivity index (χ1v) is 9.80. The SMILES string of the molecule is CCNC(=NCc1ccc(OCCCN(C)C)cc1)NCc1cc(F)ccc1F.I. The van der Waals surface area contributed by atoms with E-state index in [2.05, 4.69) is 20.5 Å². The van der Waals surface area contributed by atoms with Crippen LogP contribution >= 0.6 is 24.0 Å². The van der Waals surface area contributed by atoms with E-state index in [1.54, 1.807) is 0 Å². The van der Waals surface area contributed by atoms with E-state index in [1.807, 2.05) is 45.3 Å². The largest absolute Gasteiger partial charge is 0.494 e. The van der Waals surface area contributed by atoms with Crippen molar-refractivity contribution in [1.82, 2.24) is 15.5 Å². The minimum absolute atomic E-state index is 0. The minimum Gasteiger partial charge on any atom is -0.494 e. The zero-order valence-electron chi connectivity index (χ0n) is 17.8. The summed E-state index contributed by atoms with van der Waals surface area (Å²) in [7, 11) is 4.08. The fourth-order valence-corrected chi connectivity index (χ4v) is 2.63. The summed E-state index contributed by atoms with van der Waals surface area (Å²) in [4.78, 5) is 6.64. The topological polar surface area (TPSA) is 48.9 Å². The number of nitrogens with zero attached hydrogens (tertiary/aromatic N) is 2. The molecule has 0 bridgehead atoms. The van der Waals surface area contributed by atoms with Gasteiger partial charge in [0.05, 0.1) is 13.2 Å². The van der Waals surface area contributed by atoms with Crippen LogP contribution in [-0.2, 0) is 13.1 Å². The average Bonchev–Trinajstić information content (AvgIpc) is 2.70. The van der Waals surface area contributed by atoms with Gasteiger partial charge in [-0.3, -0.25) is 0 Å². The fraction of sp³-hybridized carbons (Fsp3) is 0.409. The molecule has 2 aromatic rings. The zero-order valence-corrected chi connectivity index (χ0v) is 20.1. The summed E-state index contributed by atoms with van der Waals surface area (Å²) >= 11 is 0. The van der Waals surface area contributed by atoms with Crippen molar-refractivity contribution >= 4 is 29.9 Å². The van der Waals surface area contributed by atoms with E-state index >= 15 is 0 Å². The quantitative estimate of drug-likeness (QED) is 0.209. The highest BCUT2D eigenvalue weighted by atomic mass is 127. The van der Waals surface area contributed by atoms with Crippen molar-refractivity contribution in [3.8, 4) is 5.75 Å². The third-order valence-corrected chi connectivity index (χ3v) is 4.16. The Morgan fingerprint density at radius 1 is 1.07 bits per heavy atom. The molecule has 0 radical (unpaired) electrons.